The van der Waals surface area contributed by atoms with Gasteiger partial charge in [0.25, 0.3) is 0 Å². The molecule has 0 radical (unpaired) electrons. The summed E-state index contributed by atoms with van der Waals surface area (Å²) in [6, 6.07) is 7.66. The van der Waals surface area contributed by atoms with E-state index >= 15 is 0 Å². The molecule has 0 aromatic heterocycles. The van der Waals surface area contributed by atoms with Crippen molar-refractivity contribution in [1.82, 2.24) is 4.90 Å². The highest BCUT2D eigenvalue weighted by molar-refractivity contribution is 5.76. The van der Waals surface area contributed by atoms with Crippen LogP contribution >= 0.6 is 0 Å². The monoisotopic (exact) mass is 305 g/mol. The average molecular weight is 305 g/mol. The molecular formula is C18H27NO3. The van der Waals surface area contributed by atoms with Gasteiger partial charge in [-0.05, 0) is 44.2 Å². The van der Waals surface area contributed by atoms with Crippen LogP contribution in [0.5, 0.6) is 11.5 Å². The van der Waals surface area contributed by atoms with Crippen LogP contribution in [-0.2, 0) is 4.79 Å². The lowest BCUT2D eigenvalue weighted by Gasteiger charge is -2.30. The van der Waals surface area contributed by atoms with Gasteiger partial charge in [-0.1, -0.05) is 19.1 Å². The number of ether oxygens (including phenoxy) is 2. The fraction of sp³-hybridized carbons (Fsp3) is 0.611. The topological polar surface area (TPSA) is 38.8 Å². The van der Waals surface area contributed by atoms with Gasteiger partial charge in [0.05, 0.1) is 13.2 Å². The van der Waals surface area contributed by atoms with E-state index in [0.717, 1.165) is 49.8 Å². The van der Waals surface area contributed by atoms with E-state index in [4.69, 9.17) is 9.47 Å². The highest BCUT2D eigenvalue weighted by Gasteiger charge is 2.19. The Morgan fingerprint density at radius 1 is 1.18 bits per heavy atom. The summed E-state index contributed by atoms with van der Waals surface area (Å²) in [5, 5.41) is 0. The van der Waals surface area contributed by atoms with Gasteiger partial charge in [-0.25, -0.2) is 0 Å². The molecule has 0 aliphatic carbocycles. The zero-order chi connectivity index (χ0) is 15.8. The highest BCUT2D eigenvalue weighted by atomic mass is 16.5. The number of para-hydroxylation sites is 2. The number of carbonyl (C=O) groups is 1. The van der Waals surface area contributed by atoms with Crippen LogP contribution in [0, 0.1) is 5.92 Å². The summed E-state index contributed by atoms with van der Waals surface area (Å²) in [7, 11) is 0. The minimum Gasteiger partial charge on any atom is -0.490 e. The summed E-state index contributed by atoms with van der Waals surface area (Å²) < 4.78 is 11.3. The van der Waals surface area contributed by atoms with Gasteiger partial charge in [0.1, 0.15) is 0 Å². The fourth-order valence-electron chi connectivity index (χ4n) is 2.67. The van der Waals surface area contributed by atoms with Crippen molar-refractivity contribution < 1.29 is 14.3 Å². The van der Waals surface area contributed by atoms with Crippen molar-refractivity contribution in [1.29, 1.82) is 0 Å². The molecular weight excluding hydrogens is 278 g/mol. The van der Waals surface area contributed by atoms with E-state index in [2.05, 4.69) is 6.92 Å². The molecule has 1 fully saturated rings. The second kappa shape index (κ2) is 8.66. The predicted molar refractivity (Wildman–Crippen MR) is 87.3 cm³/mol. The lowest BCUT2D eigenvalue weighted by Crippen LogP contribution is -2.37. The molecule has 4 heteroatoms. The second-order valence-corrected chi connectivity index (χ2v) is 5.90. The summed E-state index contributed by atoms with van der Waals surface area (Å²) >= 11 is 0. The lowest BCUT2D eigenvalue weighted by atomic mass is 9.99. The average Bonchev–Trinajstić information content (AvgIpc) is 2.53. The third-order valence-electron chi connectivity index (χ3n) is 4.08. The maximum atomic E-state index is 12.1. The third kappa shape index (κ3) is 4.93. The number of rotatable bonds is 7. The van der Waals surface area contributed by atoms with E-state index in [1.54, 1.807) is 0 Å². The van der Waals surface area contributed by atoms with Crippen molar-refractivity contribution >= 4 is 5.91 Å². The molecule has 1 aliphatic rings. The van der Waals surface area contributed by atoms with E-state index in [1.807, 2.05) is 36.1 Å². The van der Waals surface area contributed by atoms with Crippen LogP contribution in [0.25, 0.3) is 0 Å². The molecule has 1 heterocycles. The number of amides is 1. The first-order valence-corrected chi connectivity index (χ1v) is 8.33. The van der Waals surface area contributed by atoms with Crippen LogP contribution in [0.15, 0.2) is 24.3 Å². The van der Waals surface area contributed by atoms with E-state index in [-0.39, 0.29) is 5.91 Å². The standard InChI is InChI=1S/C18H27NO3/c1-3-21-16-7-4-5-8-17(16)22-14-6-9-18(20)19-12-10-15(2)11-13-19/h4-5,7-8,15H,3,6,9-14H2,1-2H3. The van der Waals surface area contributed by atoms with Crippen LogP contribution < -0.4 is 9.47 Å². The molecule has 122 valence electrons. The minimum absolute atomic E-state index is 0.258. The molecule has 4 nitrogen and oxygen atoms in total. The van der Waals surface area contributed by atoms with Crippen molar-refractivity contribution in [2.45, 2.75) is 39.5 Å². The Morgan fingerprint density at radius 2 is 1.82 bits per heavy atom. The number of carbonyl (C=O) groups excluding carboxylic acids is 1. The molecule has 0 N–H and O–H groups in total. The molecule has 1 aromatic rings. The van der Waals surface area contributed by atoms with Crippen molar-refractivity contribution in [3.8, 4) is 11.5 Å². The van der Waals surface area contributed by atoms with Gasteiger partial charge in [-0.15, -0.1) is 0 Å². The smallest absolute Gasteiger partial charge is 0.222 e. The van der Waals surface area contributed by atoms with Gasteiger partial charge in [0.2, 0.25) is 5.91 Å². The van der Waals surface area contributed by atoms with Crippen LogP contribution in [0.2, 0.25) is 0 Å². The summed E-state index contributed by atoms with van der Waals surface area (Å²) in [6.07, 6.45) is 3.56. The number of piperidine rings is 1. The summed E-state index contributed by atoms with van der Waals surface area (Å²) in [4.78, 5) is 14.1. The number of likely N-dealkylation sites (tertiary alicyclic amines) is 1. The van der Waals surface area contributed by atoms with Crippen LogP contribution in [-0.4, -0.2) is 37.1 Å². The highest BCUT2D eigenvalue weighted by Crippen LogP contribution is 2.26. The lowest BCUT2D eigenvalue weighted by molar-refractivity contribution is -0.132. The molecule has 1 aliphatic heterocycles. The van der Waals surface area contributed by atoms with Crippen LogP contribution in [0.3, 0.4) is 0 Å². The number of hydrogen-bond acceptors (Lipinski definition) is 3. The summed E-state index contributed by atoms with van der Waals surface area (Å²) in [5.74, 6) is 2.53. The molecule has 0 saturated carbocycles. The van der Waals surface area contributed by atoms with Gasteiger partial charge in [0, 0.05) is 19.5 Å². The molecule has 2 rings (SSSR count). The largest absolute Gasteiger partial charge is 0.490 e. The molecule has 0 bridgehead atoms. The SMILES string of the molecule is CCOc1ccccc1OCCCC(=O)N1CCC(C)CC1. The third-order valence-corrected chi connectivity index (χ3v) is 4.08. The molecule has 22 heavy (non-hydrogen) atoms. The quantitative estimate of drug-likeness (QED) is 0.724. The Balaban J connectivity index is 1.70. The maximum Gasteiger partial charge on any atom is 0.222 e. The summed E-state index contributed by atoms with van der Waals surface area (Å²) in [6.45, 7) is 7.19. The van der Waals surface area contributed by atoms with Gasteiger partial charge < -0.3 is 14.4 Å². The molecule has 1 amide bonds. The fourth-order valence-corrected chi connectivity index (χ4v) is 2.67. The molecule has 0 unspecified atom stereocenters. The van der Waals surface area contributed by atoms with Crippen molar-refractivity contribution in [2.24, 2.45) is 5.92 Å². The van der Waals surface area contributed by atoms with E-state index in [0.29, 0.717) is 19.6 Å². The van der Waals surface area contributed by atoms with E-state index in [1.165, 1.54) is 0 Å². The van der Waals surface area contributed by atoms with Crippen molar-refractivity contribution in [3.63, 3.8) is 0 Å². The Morgan fingerprint density at radius 3 is 2.45 bits per heavy atom. The second-order valence-electron chi connectivity index (χ2n) is 5.90. The van der Waals surface area contributed by atoms with Gasteiger partial charge in [0.15, 0.2) is 11.5 Å². The van der Waals surface area contributed by atoms with E-state index < -0.39 is 0 Å². The first kappa shape index (κ1) is 16.7. The molecule has 1 aromatic carbocycles. The minimum atomic E-state index is 0.258. The Labute approximate surface area is 133 Å². The van der Waals surface area contributed by atoms with Crippen molar-refractivity contribution in [3.05, 3.63) is 24.3 Å². The van der Waals surface area contributed by atoms with E-state index in [9.17, 15) is 4.79 Å². The first-order chi connectivity index (χ1) is 10.7. The molecule has 0 spiro atoms. The zero-order valence-corrected chi connectivity index (χ0v) is 13.7. The van der Waals surface area contributed by atoms with Gasteiger partial charge >= 0.3 is 0 Å². The Kier molecular flexibility index (Phi) is 6.56. The molecule has 1 saturated heterocycles. The van der Waals surface area contributed by atoms with Crippen molar-refractivity contribution in [2.75, 3.05) is 26.3 Å². The normalized spacial score (nSPS) is 15.6. The van der Waals surface area contributed by atoms with Gasteiger partial charge in [-0.2, -0.15) is 0 Å². The Bertz CT molecular complexity index is 467. The van der Waals surface area contributed by atoms with Crippen LogP contribution in [0.4, 0.5) is 0 Å². The number of nitrogens with zero attached hydrogens (tertiary/aromatic N) is 1. The molecule has 0 atom stereocenters. The van der Waals surface area contributed by atoms with Crippen LogP contribution in [0.1, 0.15) is 39.5 Å². The predicted octanol–water partition coefficient (Wildman–Crippen LogP) is 3.50. The Hall–Kier alpha value is -1.71. The number of hydrogen-bond donors (Lipinski definition) is 0. The maximum absolute atomic E-state index is 12.1. The summed E-state index contributed by atoms with van der Waals surface area (Å²) in [5.41, 5.74) is 0. The number of benzene rings is 1. The van der Waals surface area contributed by atoms with Gasteiger partial charge in [-0.3, -0.25) is 4.79 Å². The first-order valence-electron chi connectivity index (χ1n) is 8.33. The zero-order valence-electron chi connectivity index (χ0n) is 13.7.